The van der Waals surface area contributed by atoms with E-state index < -0.39 is 13.2 Å². The van der Waals surface area contributed by atoms with Crippen LogP contribution in [-0.2, 0) is 6.37 Å². The normalized spacial score (nSPS) is 13.8. The summed E-state index contributed by atoms with van der Waals surface area (Å²) in [7, 11) is 0. The Bertz CT molecular complexity index is 2430. The maximum absolute atomic E-state index is 8.67. The number of aryl methyl sites for hydroxylation is 1. The van der Waals surface area contributed by atoms with Crippen molar-refractivity contribution in [3.8, 4) is 39.1 Å². The number of pyridine rings is 1. The number of benzene rings is 6. The number of fused-ring (bicyclic) bond motifs is 3. The molecule has 0 saturated heterocycles. The van der Waals surface area contributed by atoms with E-state index in [1.54, 1.807) is 16.8 Å². The van der Waals surface area contributed by atoms with Gasteiger partial charge in [0.25, 0.3) is 0 Å². The molecule has 204 valence electrons. The molecule has 2 heterocycles. The van der Waals surface area contributed by atoms with Crippen LogP contribution in [-0.4, -0.2) is 14.5 Å². The highest BCUT2D eigenvalue weighted by atomic mass is 15.1. The van der Waals surface area contributed by atoms with Crippen LogP contribution in [0.15, 0.2) is 146 Å². The Kier molecular flexibility index (Phi) is 4.91. The highest BCUT2D eigenvalue weighted by Crippen LogP contribution is 2.44. The van der Waals surface area contributed by atoms with Gasteiger partial charge in [0.2, 0.25) is 0 Å². The Balaban J connectivity index is 1.38. The van der Waals surface area contributed by atoms with Gasteiger partial charge in [-0.05, 0) is 85.8 Å². The fraction of sp³-hybridized carbons (Fsp3) is 0.0500. The van der Waals surface area contributed by atoms with Gasteiger partial charge >= 0.3 is 0 Å². The summed E-state index contributed by atoms with van der Waals surface area (Å²) in [6.07, 6.45) is 0.971. The molecule has 0 spiro atoms. The second kappa shape index (κ2) is 10.4. The smallest absolute Gasteiger partial charge is 0.114 e. The van der Waals surface area contributed by atoms with Crippen molar-refractivity contribution in [2.45, 2.75) is 13.2 Å². The predicted octanol–water partition coefficient (Wildman–Crippen LogP) is 10.3. The van der Waals surface area contributed by atoms with Gasteiger partial charge in [0, 0.05) is 36.9 Å². The summed E-state index contributed by atoms with van der Waals surface area (Å²) in [5, 5.41) is 4.35. The second-order valence-corrected chi connectivity index (χ2v) is 10.6. The molecule has 0 N–H and O–H groups in total. The Hall–Kier alpha value is -5.54. The monoisotopic (exact) mass is 556 g/mol. The van der Waals surface area contributed by atoms with E-state index in [0.29, 0.717) is 16.7 Å². The molecule has 0 aliphatic carbocycles. The lowest BCUT2D eigenvalue weighted by atomic mass is 9.85. The number of para-hydroxylation sites is 2. The summed E-state index contributed by atoms with van der Waals surface area (Å²) in [5.41, 5.74) is 8.14. The Morgan fingerprint density at radius 3 is 1.88 bits per heavy atom. The molecule has 3 nitrogen and oxygen atoms in total. The molecular formula is C40H29N3. The van der Waals surface area contributed by atoms with Gasteiger partial charge in [0.05, 0.1) is 11.0 Å². The molecule has 8 aromatic rings. The average molecular weight is 557 g/mol. The van der Waals surface area contributed by atoms with E-state index >= 15 is 0 Å². The van der Waals surface area contributed by atoms with E-state index in [2.05, 4.69) is 82.8 Å². The Labute approximate surface area is 257 Å². The zero-order valence-electron chi connectivity index (χ0n) is 28.2. The van der Waals surface area contributed by atoms with Crippen LogP contribution in [0, 0.1) is 0 Å². The van der Waals surface area contributed by atoms with Crippen LogP contribution >= 0.6 is 0 Å². The molecule has 8 rings (SSSR count). The lowest BCUT2D eigenvalue weighted by molar-refractivity contribution is 0.908. The quantitative estimate of drug-likeness (QED) is 0.197. The summed E-state index contributed by atoms with van der Waals surface area (Å²) in [5.74, 6) is -0.153. The van der Waals surface area contributed by atoms with E-state index in [0.717, 1.165) is 54.9 Å². The molecule has 0 fully saturated rings. The lowest BCUT2D eigenvalue weighted by Crippen LogP contribution is -2.00. The van der Waals surface area contributed by atoms with Crippen molar-refractivity contribution in [2.24, 2.45) is 0 Å². The zero-order chi connectivity index (χ0) is 33.0. The van der Waals surface area contributed by atoms with E-state index in [4.69, 9.17) is 6.85 Å². The van der Waals surface area contributed by atoms with Crippen LogP contribution < -0.4 is 0 Å². The third kappa shape index (κ3) is 4.21. The number of imidazole rings is 1. The van der Waals surface area contributed by atoms with Crippen molar-refractivity contribution >= 4 is 32.6 Å². The molecule has 0 radical (unpaired) electrons. The van der Waals surface area contributed by atoms with Crippen molar-refractivity contribution in [1.82, 2.24) is 14.5 Å². The first-order valence-corrected chi connectivity index (χ1v) is 14.3. The molecule has 0 unspecified atom stereocenters. The van der Waals surface area contributed by atoms with Gasteiger partial charge in [-0.1, -0.05) is 104 Å². The van der Waals surface area contributed by atoms with Crippen molar-refractivity contribution in [1.29, 1.82) is 0 Å². The van der Waals surface area contributed by atoms with Crippen molar-refractivity contribution in [2.75, 3.05) is 0 Å². The summed E-state index contributed by atoms with van der Waals surface area (Å²) in [6, 6.07) is 44.5. The van der Waals surface area contributed by atoms with Crippen LogP contribution in [0.4, 0.5) is 0 Å². The van der Waals surface area contributed by atoms with E-state index in [1.165, 1.54) is 0 Å². The zero-order valence-corrected chi connectivity index (χ0v) is 23.2. The summed E-state index contributed by atoms with van der Waals surface area (Å²) < 4.78 is 43.0. The van der Waals surface area contributed by atoms with Crippen LogP contribution in [0.1, 0.15) is 19.5 Å². The summed E-state index contributed by atoms with van der Waals surface area (Å²) in [4.78, 5) is 8.85. The third-order valence-electron chi connectivity index (χ3n) is 8.14. The van der Waals surface area contributed by atoms with Gasteiger partial charge < -0.3 is 0 Å². The predicted molar refractivity (Wildman–Crippen MR) is 180 cm³/mol. The van der Waals surface area contributed by atoms with Gasteiger partial charge in [-0.2, -0.15) is 0 Å². The van der Waals surface area contributed by atoms with Gasteiger partial charge in [-0.25, -0.2) is 4.98 Å². The molecule has 6 aromatic carbocycles. The molecule has 0 aliphatic rings. The molecule has 2 aromatic heterocycles. The van der Waals surface area contributed by atoms with Gasteiger partial charge in [0.1, 0.15) is 5.82 Å². The summed E-state index contributed by atoms with van der Waals surface area (Å²) >= 11 is 0. The standard InChI is InChI=1S/C40H29N3/c1-2-38-42-36-21-7-8-22-37(36)43(38)31-16-10-14-29(25-31)40-34-19-5-3-17-32(34)39(33-18-4-6-20-35(33)40)28-13-9-12-27(24-28)30-15-11-23-41-26-30/h3-26H,2H2,1H3/i1D3,2D2. The first-order valence-electron chi connectivity index (χ1n) is 16.8. The number of hydrogen-bond acceptors (Lipinski definition) is 2. The highest BCUT2D eigenvalue weighted by molar-refractivity contribution is 6.21. The Morgan fingerprint density at radius 2 is 1.21 bits per heavy atom. The number of nitrogens with zero attached hydrogens (tertiary/aromatic N) is 3. The van der Waals surface area contributed by atoms with Crippen LogP contribution in [0.5, 0.6) is 0 Å². The Morgan fingerprint density at radius 1 is 0.605 bits per heavy atom. The fourth-order valence-corrected chi connectivity index (χ4v) is 6.31. The van der Waals surface area contributed by atoms with E-state index in [9.17, 15) is 0 Å². The molecule has 0 saturated carbocycles. The van der Waals surface area contributed by atoms with Gasteiger partial charge in [-0.15, -0.1) is 0 Å². The topological polar surface area (TPSA) is 30.7 Å². The van der Waals surface area contributed by atoms with Crippen LogP contribution in [0.25, 0.3) is 71.6 Å². The minimum Gasteiger partial charge on any atom is -0.296 e. The maximum atomic E-state index is 8.67. The third-order valence-corrected chi connectivity index (χ3v) is 8.14. The van der Waals surface area contributed by atoms with Crippen molar-refractivity contribution < 1.29 is 6.85 Å². The van der Waals surface area contributed by atoms with Crippen LogP contribution in [0.3, 0.4) is 0 Å². The van der Waals surface area contributed by atoms with Crippen LogP contribution in [0.2, 0.25) is 0 Å². The first-order chi connectivity index (χ1) is 23.2. The minimum atomic E-state index is -2.92. The molecule has 43 heavy (non-hydrogen) atoms. The average Bonchev–Trinajstić information content (AvgIpc) is 3.51. The molecule has 0 aliphatic heterocycles. The SMILES string of the molecule is [2H]C([2H])([2H])C([2H])([2H])c1nc2ccccc2n1-c1cccc(-c2c3ccccc3c(-c3cccc(-c4cccnc4)c3)c3ccccc23)c1. The van der Waals surface area contributed by atoms with Crippen molar-refractivity contribution in [3.05, 3.63) is 152 Å². The second-order valence-electron chi connectivity index (χ2n) is 10.6. The largest absolute Gasteiger partial charge is 0.296 e. The molecular weight excluding hydrogens is 522 g/mol. The highest BCUT2D eigenvalue weighted by Gasteiger charge is 2.18. The molecule has 0 amide bonds. The lowest BCUT2D eigenvalue weighted by Gasteiger charge is -2.19. The van der Waals surface area contributed by atoms with E-state index in [-0.39, 0.29) is 5.82 Å². The van der Waals surface area contributed by atoms with Gasteiger partial charge in [-0.3, -0.25) is 9.55 Å². The first kappa shape index (κ1) is 20.4. The molecule has 0 atom stereocenters. The summed E-state index contributed by atoms with van der Waals surface area (Å²) in [6.45, 7) is -2.92. The molecule has 3 heteroatoms. The molecule has 0 bridgehead atoms. The maximum Gasteiger partial charge on any atom is 0.114 e. The van der Waals surface area contributed by atoms with E-state index in [1.807, 2.05) is 60.8 Å². The fourth-order valence-electron chi connectivity index (χ4n) is 6.31. The number of hydrogen-bond donors (Lipinski definition) is 0. The number of aromatic nitrogens is 3. The number of rotatable bonds is 5. The van der Waals surface area contributed by atoms with Crippen molar-refractivity contribution in [3.63, 3.8) is 0 Å². The van der Waals surface area contributed by atoms with Gasteiger partial charge in [0.15, 0.2) is 0 Å². The minimum absolute atomic E-state index is 0.153.